The number of morpholine rings is 1. The highest BCUT2D eigenvalue weighted by atomic mass is 19.3. The zero-order chi connectivity index (χ0) is 23.9. The van der Waals surface area contributed by atoms with Gasteiger partial charge in [0, 0.05) is 31.1 Å². The molecule has 5 aliphatic rings. The van der Waals surface area contributed by atoms with Crippen LogP contribution < -0.4 is 15.8 Å². The molecule has 34 heavy (non-hydrogen) atoms. The highest BCUT2D eigenvalue weighted by Crippen LogP contribution is 2.59. The highest BCUT2D eigenvalue weighted by molar-refractivity contribution is 5.83. The molecule has 6 rings (SSSR count). The van der Waals surface area contributed by atoms with Crippen molar-refractivity contribution in [1.29, 1.82) is 0 Å². The zero-order valence-corrected chi connectivity index (χ0v) is 19.3. The number of rotatable bonds is 8. The Bertz CT molecular complexity index is 896. The van der Waals surface area contributed by atoms with Crippen LogP contribution in [0, 0.1) is 23.2 Å². The van der Waals surface area contributed by atoms with Crippen LogP contribution in [0.4, 0.5) is 8.78 Å². The fourth-order valence-corrected chi connectivity index (χ4v) is 6.93. The van der Waals surface area contributed by atoms with E-state index in [1.165, 1.54) is 0 Å². The van der Waals surface area contributed by atoms with Gasteiger partial charge in [-0.3, -0.25) is 14.5 Å². The molecule has 4 bridgehead atoms. The molecule has 1 aromatic rings. The first-order valence-corrected chi connectivity index (χ1v) is 12.3. The number of hydrogen-bond donors (Lipinski definition) is 2. The van der Waals surface area contributed by atoms with E-state index in [4.69, 9.17) is 15.2 Å². The number of carbonyl (C=O) groups excluding carboxylic acids is 2. The lowest BCUT2D eigenvalue weighted by molar-refractivity contribution is -0.151. The van der Waals surface area contributed by atoms with Crippen molar-refractivity contribution in [2.45, 2.75) is 57.2 Å². The smallest absolute Gasteiger partial charge is 0.272 e. The third-order valence-corrected chi connectivity index (χ3v) is 8.25. The van der Waals surface area contributed by atoms with Crippen molar-refractivity contribution < 1.29 is 27.8 Å². The quantitative estimate of drug-likeness (QED) is 0.600. The number of amides is 2. The zero-order valence-electron chi connectivity index (χ0n) is 19.3. The summed E-state index contributed by atoms with van der Waals surface area (Å²) in [4.78, 5) is 27.5. The SMILES string of the molecule is NC(=O)C12CC3CC(C1)C(NC(=O)[C@H]1CN(Cc4ccc(OCC(F)F)cc4)CCO1)C(C3)C2. The van der Waals surface area contributed by atoms with Gasteiger partial charge < -0.3 is 20.5 Å². The summed E-state index contributed by atoms with van der Waals surface area (Å²) in [5.41, 5.74) is 6.43. The fraction of sp³-hybridized carbons (Fsp3) is 0.680. The molecule has 0 aromatic heterocycles. The lowest BCUT2D eigenvalue weighted by atomic mass is 9.47. The molecule has 3 N–H and O–H groups in total. The number of ether oxygens (including phenoxy) is 2. The first-order valence-electron chi connectivity index (χ1n) is 12.3. The molecule has 7 nitrogen and oxygen atoms in total. The summed E-state index contributed by atoms with van der Waals surface area (Å²) in [6.07, 6.45) is 1.57. The van der Waals surface area contributed by atoms with Gasteiger partial charge in [0.1, 0.15) is 18.5 Å². The minimum Gasteiger partial charge on any atom is -0.488 e. The molecule has 4 aliphatic carbocycles. The lowest BCUT2D eigenvalue weighted by Gasteiger charge is -2.59. The largest absolute Gasteiger partial charge is 0.488 e. The number of carbonyl (C=O) groups is 2. The molecule has 4 saturated carbocycles. The van der Waals surface area contributed by atoms with Crippen LogP contribution in [0.3, 0.4) is 0 Å². The van der Waals surface area contributed by atoms with Gasteiger partial charge in [-0.1, -0.05) is 12.1 Å². The molecule has 1 saturated heterocycles. The van der Waals surface area contributed by atoms with Crippen LogP contribution in [0.5, 0.6) is 5.75 Å². The normalized spacial score (nSPS) is 34.9. The molecule has 2 unspecified atom stereocenters. The molecule has 3 atom stereocenters. The van der Waals surface area contributed by atoms with Gasteiger partial charge in [-0.15, -0.1) is 0 Å². The van der Waals surface area contributed by atoms with Crippen molar-refractivity contribution >= 4 is 11.8 Å². The van der Waals surface area contributed by atoms with Gasteiger partial charge in [0.15, 0.2) is 0 Å². The Morgan fingerprint density at radius 2 is 1.88 bits per heavy atom. The van der Waals surface area contributed by atoms with E-state index in [0.717, 1.165) is 37.7 Å². The maximum Gasteiger partial charge on any atom is 0.272 e. The monoisotopic (exact) mass is 477 g/mol. The molecular weight excluding hydrogens is 444 g/mol. The topological polar surface area (TPSA) is 93.9 Å². The van der Waals surface area contributed by atoms with Crippen LogP contribution in [-0.4, -0.2) is 61.6 Å². The van der Waals surface area contributed by atoms with Crippen LogP contribution in [0.25, 0.3) is 0 Å². The van der Waals surface area contributed by atoms with Crippen LogP contribution in [0.1, 0.15) is 37.7 Å². The summed E-state index contributed by atoms with van der Waals surface area (Å²) in [5.74, 6) is 1.34. The third-order valence-electron chi connectivity index (χ3n) is 8.25. The van der Waals surface area contributed by atoms with Crippen molar-refractivity contribution in [3.8, 4) is 5.75 Å². The lowest BCUT2D eigenvalue weighted by Crippen LogP contribution is -2.63. The van der Waals surface area contributed by atoms with Gasteiger partial charge in [0.05, 0.1) is 6.61 Å². The molecule has 1 aromatic carbocycles. The van der Waals surface area contributed by atoms with E-state index in [2.05, 4.69) is 10.2 Å². The van der Waals surface area contributed by atoms with E-state index in [1.54, 1.807) is 12.1 Å². The number of hydrogen-bond acceptors (Lipinski definition) is 5. The summed E-state index contributed by atoms with van der Waals surface area (Å²) < 4.78 is 35.4. The Morgan fingerprint density at radius 3 is 2.53 bits per heavy atom. The van der Waals surface area contributed by atoms with Crippen LogP contribution in [0.15, 0.2) is 24.3 Å². The number of benzene rings is 1. The third kappa shape index (κ3) is 4.77. The maximum absolute atomic E-state index is 13.1. The molecule has 1 aliphatic heterocycles. The predicted octanol–water partition coefficient (Wildman–Crippen LogP) is 2.33. The average Bonchev–Trinajstić information content (AvgIpc) is 2.80. The Balaban J connectivity index is 1.15. The number of halogens is 2. The first-order chi connectivity index (χ1) is 16.3. The van der Waals surface area contributed by atoms with E-state index in [9.17, 15) is 18.4 Å². The number of alkyl halides is 2. The van der Waals surface area contributed by atoms with Gasteiger partial charge in [-0.05, 0) is 67.6 Å². The number of nitrogens with zero attached hydrogens (tertiary/aromatic N) is 1. The van der Waals surface area contributed by atoms with Gasteiger partial charge in [0.25, 0.3) is 12.3 Å². The van der Waals surface area contributed by atoms with Crippen molar-refractivity contribution in [2.24, 2.45) is 28.9 Å². The average molecular weight is 478 g/mol. The number of nitrogens with two attached hydrogens (primary N) is 1. The van der Waals surface area contributed by atoms with Crippen molar-refractivity contribution in [1.82, 2.24) is 10.2 Å². The van der Waals surface area contributed by atoms with Gasteiger partial charge >= 0.3 is 0 Å². The van der Waals surface area contributed by atoms with E-state index < -0.39 is 19.1 Å². The second kappa shape index (κ2) is 9.41. The minimum atomic E-state index is -2.50. The number of primary amides is 1. The summed E-state index contributed by atoms with van der Waals surface area (Å²) in [5, 5.41) is 3.28. The van der Waals surface area contributed by atoms with Crippen LogP contribution in [-0.2, 0) is 20.9 Å². The molecule has 0 spiro atoms. The molecule has 0 radical (unpaired) electrons. The summed E-state index contributed by atoms with van der Waals surface area (Å²) >= 11 is 0. The Labute approximate surface area is 198 Å². The summed E-state index contributed by atoms with van der Waals surface area (Å²) in [6, 6.07) is 7.18. The first kappa shape index (κ1) is 23.5. The van der Waals surface area contributed by atoms with Gasteiger partial charge in [-0.2, -0.15) is 0 Å². The summed E-state index contributed by atoms with van der Waals surface area (Å²) in [7, 11) is 0. The van der Waals surface area contributed by atoms with Crippen molar-refractivity contribution in [3.05, 3.63) is 29.8 Å². The van der Waals surface area contributed by atoms with E-state index >= 15 is 0 Å². The van der Waals surface area contributed by atoms with E-state index in [-0.39, 0.29) is 23.3 Å². The van der Waals surface area contributed by atoms with Gasteiger partial charge in [-0.25, -0.2) is 8.78 Å². The van der Waals surface area contributed by atoms with Gasteiger partial charge in [0.2, 0.25) is 5.91 Å². The molecule has 5 fully saturated rings. The van der Waals surface area contributed by atoms with Crippen molar-refractivity contribution in [3.63, 3.8) is 0 Å². The highest BCUT2D eigenvalue weighted by Gasteiger charge is 2.58. The van der Waals surface area contributed by atoms with Crippen LogP contribution in [0.2, 0.25) is 0 Å². The second-order valence-electron chi connectivity index (χ2n) is 10.6. The Kier molecular flexibility index (Phi) is 6.50. The van der Waals surface area contributed by atoms with E-state index in [0.29, 0.717) is 49.7 Å². The second-order valence-corrected chi connectivity index (χ2v) is 10.6. The Morgan fingerprint density at radius 1 is 1.18 bits per heavy atom. The standard InChI is InChI=1S/C25H33F2N3O4/c26-21(27)14-34-19-3-1-15(2-4-19)12-30-5-6-33-20(13-30)23(31)29-22-17-7-16-8-18(22)11-25(9-16,10-17)24(28)32/h1-4,16-18,20-22H,5-14H2,(H2,28,32)(H,29,31)/t16?,17?,18?,20-,22?,25?/m1/s1. The number of nitrogens with one attached hydrogen (secondary N) is 1. The Hall–Kier alpha value is -2.26. The van der Waals surface area contributed by atoms with Crippen LogP contribution >= 0.6 is 0 Å². The predicted molar refractivity (Wildman–Crippen MR) is 120 cm³/mol. The molecule has 1 heterocycles. The maximum atomic E-state index is 13.1. The molecule has 2 amide bonds. The van der Waals surface area contributed by atoms with Crippen molar-refractivity contribution in [2.75, 3.05) is 26.3 Å². The van der Waals surface area contributed by atoms with E-state index in [1.807, 2.05) is 12.1 Å². The molecule has 186 valence electrons. The summed E-state index contributed by atoms with van der Waals surface area (Å²) in [6.45, 7) is 1.70. The molecule has 9 heteroatoms. The fourth-order valence-electron chi connectivity index (χ4n) is 6.93. The molecular formula is C25H33F2N3O4. The minimum absolute atomic E-state index is 0.0777.